The first-order valence-corrected chi connectivity index (χ1v) is 11.3. The number of carbonyl (C=O) groups is 1. The predicted octanol–water partition coefficient (Wildman–Crippen LogP) is 5.39. The maximum atomic E-state index is 12.3. The Hall–Kier alpha value is -2.42. The van der Waals surface area contributed by atoms with Gasteiger partial charge in [-0.05, 0) is 50.2 Å². The van der Waals surface area contributed by atoms with E-state index in [0.29, 0.717) is 39.1 Å². The lowest BCUT2D eigenvalue weighted by molar-refractivity contribution is -0.113. The van der Waals surface area contributed by atoms with Crippen molar-refractivity contribution in [2.24, 2.45) is 7.05 Å². The number of ether oxygens (including phenoxy) is 2. The molecule has 0 fully saturated rings. The molecule has 0 saturated heterocycles. The van der Waals surface area contributed by atoms with E-state index < -0.39 is 6.10 Å². The van der Waals surface area contributed by atoms with Crippen LogP contribution in [0, 0.1) is 0 Å². The summed E-state index contributed by atoms with van der Waals surface area (Å²) in [4.78, 5) is 12.3. The zero-order chi connectivity index (χ0) is 22.4. The highest BCUT2D eigenvalue weighted by molar-refractivity contribution is 7.99. The first-order chi connectivity index (χ1) is 14.9. The van der Waals surface area contributed by atoms with Crippen LogP contribution in [0.5, 0.6) is 11.5 Å². The molecule has 2 aromatic carbocycles. The maximum absolute atomic E-state index is 12.3. The molecule has 0 aliphatic heterocycles. The van der Waals surface area contributed by atoms with Gasteiger partial charge in [0.25, 0.3) is 0 Å². The minimum absolute atomic E-state index is 0.145. The van der Waals surface area contributed by atoms with Crippen molar-refractivity contribution >= 4 is 46.6 Å². The number of rotatable bonds is 9. The lowest BCUT2D eigenvalue weighted by Gasteiger charge is -2.15. The average Bonchev–Trinajstić information content (AvgIpc) is 3.11. The summed E-state index contributed by atoms with van der Waals surface area (Å²) in [5, 5.41) is 12.8. The second-order valence-electron chi connectivity index (χ2n) is 6.53. The number of carbonyl (C=O) groups excluding carboxylic acids is 1. The van der Waals surface area contributed by atoms with Gasteiger partial charge in [0.15, 0.2) is 17.1 Å². The van der Waals surface area contributed by atoms with E-state index in [2.05, 4.69) is 15.5 Å². The minimum Gasteiger partial charge on any atom is -0.494 e. The molecule has 1 aromatic heterocycles. The molecule has 1 heterocycles. The van der Waals surface area contributed by atoms with Gasteiger partial charge in [0.05, 0.1) is 17.4 Å². The van der Waals surface area contributed by atoms with E-state index in [1.165, 1.54) is 11.8 Å². The van der Waals surface area contributed by atoms with Crippen LogP contribution >= 0.6 is 35.0 Å². The van der Waals surface area contributed by atoms with Crippen molar-refractivity contribution < 1.29 is 14.3 Å². The van der Waals surface area contributed by atoms with Crippen LogP contribution in [0.1, 0.15) is 25.8 Å². The van der Waals surface area contributed by atoms with E-state index in [-0.39, 0.29) is 11.7 Å². The third-order valence-electron chi connectivity index (χ3n) is 4.21. The van der Waals surface area contributed by atoms with Gasteiger partial charge in [-0.3, -0.25) is 4.79 Å². The molecule has 0 saturated carbocycles. The van der Waals surface area contributed by atoms with E-state index in [1.54, 1.807) is 34.9 Å². The molecule has 1 atom stereocenters. The molecule has 1 N–H and O–H groups in total. The number of thioether (sulfide) groups is 1. The second-order valence-corrected chi connectivity index (χ2v) is 8.31. The first-order valence-electron chi connectivity index (χ1n) is 9.54. The zero-order valence-electron chi connectivity index (χ0n) is 17.3. The Kier molecular flexibility index (Phi) is 8.06. The minimum atomic E-state index is -0.416. The number of nitrogens with one attached hydrogen (secondary N) is 1. The van der Waals surface area contributed by atoms with Crippen molar-refractivity contribution in [3.63, 3.8) is 0 Å². The number of amides is 1. The Labute approximate surface area is 195 Å². The highest BCUT2D eigenvalue weighted by atomic mass is 35.5. The smallest absolute Gasteiger partial charge is 0.234 e. The van der Waals surface area contributed by atoms with Crippen LogP contribution in [-0.2, 0) is 11.8 Å². The summed E-state index contributed by atoms with van der Waals surface area (Å²) in [6.07, 6.45) is -0.416. The summed E-state index contributed by atoms with van der Waals surface area (Å²) in [6, 6.07) is 12.2. The molecule has 0 spiro atoms. The summed E-state index contributed by atoms with van der Waals surface area (Å²) in [7, 11) is 1.82. The van der Waals surface area contributed by atoms with Crippen LogP contribution in [0.2, 0.25) is 10.0 Å². The molecule has 31 heavy (non-hydrogen) atoms. The molecule has 3 aromatic rings. The van der Waals surface area contributed by atoms with Crippen LogP contribution in [0.4, 0.5) is 5.69 Å². The molecule has 1 amide bonds. The normalized spacial score (nSPS) is 11.8. The summed E-state index contributed by atoms with van der Waals surface area (Å²) >= 11 is 13.5. The van der Waals surface area contributed by atoms with E-state index in [1.807, 2.05) is 33.0 Å². The number of anilines is 1. The molecule has 0 bridgehead atoms. The van der Waals surface area contributed by atoms with E-state index in [0.717, 1.165) is 5.75 Å². The van der Waals surface area contributed by atoms with Crippen molar-refractivity contribution in [2.45, 2.75) is 25.1 Å². The molecule has 0 radical (unpaired) electrons. The van der Waals surface area contributed by atoms with Crippen molar-refractivity contribution in [2.75, 3.05) is 17.7 Å². The SMILES string of the molecule is CCOc1ccc(NC(=O)CSc2nnc(C(C)Oc3cc(Cl)ccc3Cl)n2C)cc1. The van der Waals surface area contributed by atoms with Gasteiger partial charge in [-0.15, -0.1) is 10.2 Å². The van der Waals surface area contributed by atoms with Crippen molar-refractivity contribution in [1.29, 1.82) is 0 Å². The first kappa shape index (κ1) is 23.2. The van der Waals surface area contributed by atoms with Crippen molar-refractivity contribution in [3.8, 4) is 11.5 Å². The molecule has 3 rings (SSSR count). The average molecular weight is 481 g/mol. The van der Waals surface area contributed by atoms with Gasteiger partial charge in [0.2, 0.25) is 5.91 Å². The Balaban J connectivity index is 1.57. The predicted molar refractivity (Wildman–Crippen MR) is 123 cm³/mol. The van der Waals surface area contributed by atoms with E-state index >= 15 is 0 Å². The van der Waals surface area contributed by atoms with Gasteiger partial charge in [-0.2, -0.15) is 0 Å². The molecule has 1 unspecified atom stereocenters. The Morgan fingerprint density at radius 3 is 2.65 bits per heavy atom. The van der Waals surface area contributed by atoms with Crippen LogP contribution in [0.3, 0.4) is 0 Å². The number of hydrogen-bond acceptors (Lipinski definition) is 6. The quantitative estimate of drug-likeness (QED) is 0.413. The largest absolute Gasteiger partial charge is 0.494 e. The molecule has 10 heteroatoms. The summed E-state index contributed by atoms with van der Waals surface area (Å²) < 4.78 is 13.1. The maximum Gasteiger partial charge on any atom is 0.234 e. The lowest BCUT2D eigenvalue weighted by Crippen LogP contribution is -2.15. The standard InChI is InChI=1S/C21H22Cl2N4O3S/c1-4-29-16-8-6-15(7-9-16)24-19(28)12-31-21-26-25-20(27(21)3)13(2)30-18-11-14(22)5-10-17(18)23/h5-11,13H,4,12H2,1-3H3,(H,24,28). The summed E-state index contributed by atoms with van der Waals surface area (Å²) in [5.41, 5.74) is 0.702. The Bertz CT molecular complexity index is 1040. The fraction of sp³-hybridized carbons (Fsp3) is 0.286. The highest BCUT2D eigenvalue weighted by Crippen LogP contribution is 2.31. The van der Waals surface area contributed by atoms with E-state index in [4.69, 9.17) is 32.7 Å². The van der Waals surface area contributed by atoms with Crippen LogP contribution in [0.15, 0.2) is 47.6 Å². The van der Waals surface area contributed by atoms with Gasteiger partial charge >= 0.3 is 0 Å². The Morgan fingerprint density at radius 1 is 1.19 bits per heavy atom. The number of nitrogens with zero attached hydrogens (tertiary/aromatic N) is 3. The lowest BCUT2D eigenvalue weighted by atomic mass is 10.3. The van der Waals surface area contributed by atoms with Gasteiger partial charge < -0.3 is 19.4 Å². The zero-order valence-corrected chi connectivity index (χ0v) is 19.6. The van der Waals surface area contributed by atoms with Gasteiger partial charge in [0, 0.05) is 23.8 Å². The van der Waals surface area contributed by atoms with Crippen molar-refractivity contribution in [3.05, 3.63) is 58.3 Å². The van der Waals surface area contributed by atoms with Crippen LogP contribution in [-0.4, -0.2) is 33.0 Å². The number of benzene rings is 2. The summed E-state index contributed by atoms with van der Waals surface area (Å²) in [5.74, 6) is 1.87. The van der Waals surface area contributed by atoms with Crippen molar-refractivity contribution in [1.82, 2.24) is 14.8 Å². The number of halogens is 2. The number of aromatic nitrogens is 3. The third kappa shape index (κ3) is 6.29. The van der Waals surface area contributed by atoms with Gasteiger partial charge in [-0.1, -0.05) is 35.0 Å². The third-order valence-corrected chi connectivity index (χ3v) is 5.78. The fourth-order valence-corrected chi connectivity index (χ4v) is 3.79. The van der Waals surface area contributed by atoms with Gasteiger partial charge in [0.1, 0.15) is 11.5 Å². The molecule has 0 aliphatic carbocycles. The number of hydrogen-bond donors (Lipinski definition) is 1. The highest BCUT2D eigenvalue weighted by Gasteiger charge is 2.19. The molecule has 0 aliphatic rings. The van der Waals surface area contributed by atoms with Crippen LogP contribution < -0.4 is 14.8 Å². The van der Waals surface area contributed by atoms with Crippen LogP contribution in [0.25, 0.3) is 0 Å². The molecule has 7 nitrogen and oxygen atoms in total. The Morgan fingerprint density at radius 2 is 1.94 bits per heavy atom. The monoisotopic (exact) mass is 480 g/mol. The molecular weight excluding hydrogens is 459 g/mol. The topological polar surface area (TPSA) is 78.3 Å². The molecular formula is C21H22Cl2N4O3S. The second kappa shape index (κ2) is 10.7. The van der Waals surface area contributed by atoms with Gasteiger partial charge in [-0.25, -0.2) is 0 Å². The molecule has 164 valence electrons. The van der Waals surface area contributed by atoms with E-state index in [9.17, 15) is 4.79 Å². The fourth-order valence-electron chi connectivity index (χ4n) is 2.74. The summed E-state index contributed by atoms with van der Waals surface area (Å²) in [6.45, 7) is 4.36.